The summed E-state index contributed by atoms with van der Waals surface area (Å²) >= 11 is 0. The Labute approximate surface area is 181 Å². The SMILES string of the molecule is CC(C)C1=CC2=CC[C@H]3[C@](C)(CC(N)=O)CC(O)C(c4ccccc4)[C@]3(C)[C@H]2CC1. The Morgan fingerprint density at radius 1 is 1.23 bits per heavy atom. The van der Waals surface area contributed by atoms with E-state index in [1.807, 2.05) is 6.07 Å². The predicted molar refractivity (Wildman–Crippen MR) is 122 cm³/mol. The Kier molecular flexibility index (Phi) is 5.47. The van der Waals surface area contributed by atoms with Crippen LogP contribution in [-0.4, -0.2) is 17.1 Å². The molecule has 0 heterocycles. The molecule has 0 aromatic heterocycles. The molecule has 0 radical (unpaired) electrons. The van der Waals surface area contributed by atoms with Crippen LogP contribution < -0.4 is 5.73 Å². The molecule has 3 aliphatic rings. The predicted octanol–water partition coefficient (Wildman–Crippen LogP) is 5.36. The lowest BCUT2D eigenvalue weighted by Gasteiger charge is -2.63. The number of hydrogen-bond donors (Lipinski definition) is 2. The molecule has 4 rings (SSSR count). The van der Waals surface area contributed by atoms with Crippen LogP contribution in [-0.2, 0) is 4.79 Å². The minimum absolute atomic E-state index is 0.0624. The monoisotopic (exact) mass is 407 g/mol. The molecule has 1 saturated carbocycles. The number of fused-ring (bicyclic) bond motifs is 3. The van der Waals surface area contributed by atoms with Crippen LogP contribution in [0, 0.1) is 28.6 Å². The second-order valence-electron chi connectivity index (χ2n) is 10.8. The maximum atomic E-state index is 12.0. The average molecular weight is 408 g/mol. The second kappa shape index (κ2) is 7.67. The molecule has 3 N–H and O–H groups in total. The minimum Gasteiger partial charge on any atom is -0.392 e. The van der Waals surface area contributed by atoms with Gasteiger partial charge >= 0.3 is 0 Å². The van der Waals surface area contributed by atoms with Gasteiger partial charge in [-0.05, 0) is 65.4 Å². The molecule has 1 amide bonds. The van der Waals surface area contributed by atoms with Crippen LogP contribution in [0.15, 0.2) is 53.6 Å². The maximum Gasteiger partial charge on any atom is 0.217 e. The summed E-state index contributed by atoms with van der Waals surface area (Å²) in [5.41, 5.74) is 9.50. The zero-order valence-corrected chi connectivity index (χ0v) is 18.9. The number of aliphatic hydroxyl groups excluding tert-OH is 1. The van der Waals surface area contributed by atoms with Gasteiger partial charge in [-0.15, -0.1) is 0 Å². The minimum atomic E-state index is -0.479. The summed E-state index contributed by atoms with van der Waals surface area (Å²) in [5.74, 6) is 1.08. The Hall–Kier alpha value is -1.87. The summed E-state index contributed by atoms with van der Waals surface area (Å²) in [6.07, 6.45) is 8.54. The number of primary amides is 1. The van der Waals surface area contributed by atoms with Gasteiger partial charge in [0.2, 0.25) is 5.91 Å². The summed E-state index contributed by atoms with van der Waals surface area (Å²) in [7, 11) is 0. The Morgan fingerprint density at radius 3 is 2.57 bits per heavy atom. The summed E-state index contributed by atoms with van der Waals surface area (Å²) < 4.78 is 0. The molecule has 1 aromatic carbocycles. The molecule has 0 bridgehead atoms. The molecule has 3 aliphatic carbocycles. The van der Waals surface area contributed by atoms with E-state index in [0.29, 0.717) is 30.6 Å². The maximum absolute atomic E-state index is 12.0. The zero-order chi connectivity index (χ0) is 21.7. The van der Waals surface area contributed by atoms with E-state index in [1.54, 1.807) is 0 Å². The molecule has 162 valence electrons. The average Bonchev–Trinajstić information content (AvgIpc) is 2.67. The van der Waals surface area contributed by atoms with Gasteiger partial charge in [0.05, 0.1) is 6.10 Å². The Morgan fingerprint density at radius 2 is 1.93 bits per heavy atom. The first kappa shape index (κ1) is 21.4. The number of allylic oxidation sites excluding steroid dienone is 4. The standard InChI is InChI=1S/C27H37NO2/c1-17(2)19-10-12-21-20(14-19)11-13-23-26(3,16-24(28)30)15-22(29)25(27(21,23)4)18-8-6-5-7-9-18/h5-9,11,14,17,21-23,25,29H,10,12-13,15-16H2,1-4H3,(H2,28,30)/t21-,22?,23-,25?,26-,27+/m0/s1. The van der Waals surface area contributed by atoms with Crippen LogP contribution in [0.2, 0.25) is 0 Å². The van der Waals surface area contributed by atoms with E-state index in [9.17, 15) is 9.90 Å². The van der Waals surface area contributed by atoms with Crippen molar-refractivity contribution in [3.63, 3.8) is 0 Å². The van der Waals surface area contributed by atoms with Crippen molar-refractivity contribution >= 4 is 5.91 Å². The lowest BCUT2D eigenvalue weighted by molar-refractivity contribution is -0.140. The Balaban J connectivity index is 1.86. The van der Waals surface area contributed by atoms with E-state index < -0.39 is 6.10 Å². The number of benzene rings is 1. The normalized spacial score (nSPS) is 38.3. The van der Waals surface area contributed by atoms with Crippen molar-refractivity contribution in [1.29, 1.82) is 0 Å². The second-order valence-corrected chi connectivity index (χ2v) is 10.8. The quantitative estimate of drug-likeness (QED) is 0.705. The van der Waals surface area contributed by atoms with Crippen molar-refractivity contribution < 1.29 is 9.90 Å². The number of nitrogens with two attached hydrogens (primary N) is 1. The lowest BCUT2D eigenvalue weighted by Crippen LogP contribution is -2.58. The number of carbonyl (C=O) groups excluding carboxylic acids is 1. The molecular formula is C27H37NO2. The van der Waals surface area contributed by atoms with Gasteiger partial charge in [0.1, 0.15) is 0 Å². The van der Waals surface area contributed by atoms with Crippen molar-refractivity contribution in [2.45, 2.75) is 71.8 Å². The van der Waals surface area contributed by atoms with E-state index in [4.69, 9.17) is 5.73 Å². The van der Waals surface area contributed by atoms with Gasteiger partial charge < -0.3 is 10.8 Å². The van der Waals surface area contributed by atoms with Crippen molar-refractivity contribution in [3.05, 3.63) is 59.2 Å². The highest BCUT2D eigenvalue weighted by Crippen LogP contribution is 2.67. The van der Waals surface area contributed by atoms with Gasteiger partial charge in [-0.2, -0.15) is 0 Å². The number of hydrogen-bond acceptors (Lipinski definition) is 2. The summed E-state index contributed by atoms with van der Waals surface area (Å²) in [6, 6.07) is 10.5. The fourth-order valence-electron chi connectivity index (χ4n) is 7.40. The molecule has 0 saturated heterocycles. The van der Waals surface area contributed by atoms with Crippen molar-refractivity contribution in [3.8, 4) is 0 Å². The van der Waals surface area contributed by atoms with Crippen LogP contribution in [0.1, 0.15) is 71.3 Å². The number of rotatable bonds is 4. The Bertz CT molecular complexity index is 870. The van der Waals surface area contributed by atoms with Gasteiger partial charge in [-0.1, -0.05) is 75.8 Å². The fourth-order valence-corrected chi connectivity index (χ4v) is 7.40. The van der Waals surface area contributed by atoms with Crippen LogP contribution in [0.25, 0.3) is 0 Å². The third kappa shape index (κ3) is 3.36. The number of aliphatic hydroxyl groups is 1. The highest BCUT2D eigenvalue weighted by Gasteiger charge is 2.61. The van der Waals surface area contributed by atoms with Crippen molar-refractivity contribution in [2.24, 2.45) is 34.3 Å². The molecule has 30 heavy (non-hydrogen) atoms. The molecule has 1 aromatic rings. The van der Waals surface area contributed by atoms with Crippen LogP contribution in [0.5, 0.6) is 0 Å². The summed E-state index contributed by atoms with van der Waals surface area (Å²) in [6.45, 7) is 9.13. The molecule has 1 fully saturated rings. The molecule has 3 nitrogen and oxygen atoms in total. The molecular weight excluding hydrogens is 370 g/mol. The topological polar surface area (TPSA) is 63.3 Å². The largest absolute Gasteiger partial charge is 0.392 e. The van der Waals surface area contributed by atoms with E-state index in [-0.39, 0.29) is 22.7 Å². The summed E-state index contributed by atoms with van der Waals surface area (Å²) in [4.78, 5) is 12.0. The van der Waals surface area contributed by atoms with Crippen LogP contribution in [0.4, 0.5) is 0 Å². The van der Waals surface area contributed by atoms with E-state index in [2.05, 4.69) is 64.1 Å². The van der Waals surface area contributed by atoms with E-state index >= 15 is 0 Å². The molecule has 6 atom stereocenters. The van der Waals surface area contributed by atoms with Crippen LogP contribution >= 0.6 is 0 Å². The van der Waals surface area contributed by atoms with Gasteiger partial charge in [-0.3, -0.25) is 4.79 Å². The van der Waals surface area contributed by atoms with Crippen LogP contribution in [0.3, 0.4) is 0 Å². The van der Waals surface area contributed by atoms with E-state index in [0.717, 1.165) is 19.3 Å². The first-order valence-corrected chi connectivity index (χ1v) is 11.6. The molecule has 0 aliphatic heterocycles. The van der Waals surface area contributed by atoms with E-state index in [1.165, 1.54) is 16.7 Å². The third-order valence-corrected chi connectivity index (χ3v) is 8.62. The van der Waals surface area contributed by atoms with Crippen molar-refractivity contribution in [1.82, 2.24) is 0 Å². The lowest BCUT2D eigenvalue weighted by atomic mass is 9.41. The number of amides is 1. The molecule has 0 spiro atoms. The highest BCUT2D eigenvalue weighted by molar-refractivity contribution is 5.74. The highest BCUT2D eigenvalue weighted by atomic mass is 16.3. The molecule has 3 heteroatoms. The first-order valence-electron chi connectivity index (χ1n) is 11.6. The van der Waals surface area contributed by atoms with Gasteiger partial charge in [-0.25, -0.2) is 0 Å². The number of carbonyl (C=O) groups is 1. The smallest absolute Gasteiger partial charge is 0.217 e. The fraction of sp³-hybridized carbons (Fsp3) is 0.593. The molecule has 2 unspecified atom stereocenters. The first-order chi connectivity index (χ1) is 14.2. The van der Waals surface area contributed by atoms with Crippen molar-refractivity contribution in [2.75, 3.05) is 0 Å². The summed E-state index contributed by atoms with van der Waals surface area (Å²) in [5, 5.41) is 11.5. The van der Waals surface area contributed by atoms with Gasteiger partial charge in [0, 0.05) is 12.3 Å². The van der Waals surface area contributed by atoms with Gasteiger partial charge in [0.15, 0.2) is 0 Å². The van der Waals surface area contributed by atoms with Gasteiger partial charge in [0.25, 0.3) is 0 Å². The third-order valence-electron chi connectivity index (χ3n) is 8.62. The zero-order valence-electron chi connectivity index (χ0n) is 18.9.